The van der Waals surface area contributed by atoms with Crippen LogP contribution >= 0.6 is 11.8 Å². The number of esters is 1. The highest BCUT2D eigenvalue weighted by Gasteiger charge is 2.33. The van der Waals surface area contributed by atoms with Gasteiger partial charge >= 0.3 is 5.97 Å². The first-order valence-electron chi connectivity index (χ1n) is 8.32. The molecular formula is C20H16N2O6S. The van der Waals surface area contributed by atoms with Gasteiger partial charge in [0.15, 0.2) is 0 Å². The molecule has 0 aliphatic carbocycles. The molecule has 9 heteroatoms. The van der Waals surface area contributed by atoms with Gasteiger partial charge in [0.1, 0.15) is 27.8 Å². The van der Waals surface area contributed by atoms with Crippen LogP contribution in [0.2, 0.25) is 0 Å². The molecule has 0 atom stereocenters. The summed E-state index contributed by atoms with van der Waals surface area (Å²) in [6.07, 6.45) is 1.61. The molecule has 3 rings (SSSR count). The zero-order valence-corrected chi connectivity index (χ0v) is 16.3. The maximum absolute atomic E-state index is 12.2. The van der Waals surface area contributed by atoms with Crippen molar-refractivity contribution in [3.63, 3.8) is 0 Å². The fourth-order valence-corrected chi connectivity index (χ4v) is 3.59. The predicted molar refractivity (Wildman–Crippen MR) is 110 cm³/mol. The van der Waals surface area contributed by atoms with Gasteiger partial charge in [-0.05, 0) is 35.9 Å². The summed E-state index contributed by atoms with van der Waals surface area (Å²) in [6.45, 7) is 0. The van der Waals surface area contributed by atoms with E-state index in [1.54, 1.807) is 42.5 Å². The van der Waals surface area contributed by atoms with E-state index in [2.05, 4.69) is 4.99 Å². The summed E-state index contributed by atoms with van der Waals surface area (Å²) >= 11 is 1.09. The van der Waals surface area contributed by atoms with Crippen LogP contribution in [0.3, 0.4) is 0 Å². The lowest BCUT2D eigenvalue weighted by molar-refractivity contribution is -0.384. The zero-order chi connectivity index (χ0) is 21.0. The van der Waals surface area contributed by atoms with Crippen LogP contribution in [0.5, 0.6) is 5.75 Å². The van der Waals surface area contributed by atoms with Crippen molar-refractivity contribution in [2.45, 2.75) is 0 Å². The number of rotatable bonds is 5. The molecule has 1 aliphatic heterocycles. The average molecular weight is 412 g/mol. The molecule has 2 aromatic rings. The van der Waals surface area contributed by atoms with Gasteiger partial charge in [-0.2, -0.15) is 0 Å². The highest BCUT2D eigenvalue weighted by Crippen LogP contribution is 2.41. The van der Waals surface area contributed by atoms with Crippen LogP contribution in [0, 0.1) is 10.1 Å². The van der Waals surface area contributed by atoms with E-state index >= 15 is 0 Å². The number of nitro benzene ring substituents is 1. The minimum Gasteiger partial charge on any atom is -0.506 e. The van der Waals surface area contributed by atoms with Crippen LogP contribution < -0.4 is 4.74 Å². The van der Waals surface area contributed by atoms with Gasteiger partial charge in [-0.1, -0.05) is 23.9 Å². The fourth-order valence-electron chi connectivity index (χ4n) is 2.57. The third-order valence-corrected chi connectivity index (χ3v) is 5.01. The SMILES string of the molecule is COC(=O)C1=C(O)/C(=C\c2ccc([N+](=O)[O-])cc2)SC1=Nc1ccccc1OC. The van der Waals surface area contributed by atoms with Crippen LogP contribution in [-0.2, 0) is 9.53 Å². The van der Waals surface area contributed by atoms with Crippen molar-refractivity contribution < 1.29 is 24.3 Å². The molecule has 0 unspecified atom stereocenters. The largest absolute Gasteiger partial charge is 0.506 e. The average Bonchev–Trinajstić information content (AvgIpc) is 3.03. The van der Waals surface area contributed by atoms with E-state index in [4.69, 9.17) is 9.47 Å². The Balaban J connectivity index is 2.03. The van der Waals surface area contributed by atoms with Gasteiger partial charge in [0.25, 0.3) is 5.69 Å². The van der Waals surface area contributed by atoms with E-state index in [1.165, 1.54) is 26.4 Å². The Morgan fingerprint density at radius 2 is 1.86 bits per heavy atom. The summed E-state index contributed by atoms with van der Waals surface area (Å²) in [5, 5.41) is 21.6. The van der Waals surface area contributed by atoms with Crippen molar-refractivity contribution in [1.29, 1.82) is 0 Å². The molecule has 0 saturated heterocycles. The number of non-ortho nitro benzene ring substituents is 1. The van der Waals surface area contributed by atoms with Crippen molar-refractivity contribution in [3.05, 3.63) is 80.4 Å². The number of carbonyl (C=O) groups is 1. The summed E-state index contributed by atoms with van der Waals surface area (Å²) in [4.78, 5) is 27.4. The molecule has 1 N–H and O–H groups in total. The van der Waals surface area contributed by atoms with Gasteiger partial charge in [-0.3, -0.25) is 10.1 Å². The highest BCUT2D eigenvalue weighted by atomic mass is 32.2. The number of para-hydroxylation sites is 2. The molecule has 2 aromatic carbocycles. The number of nitrogens with zero attached hydrogens (tertiary/aromatic N) is 2. The molecule has 29 heavy (non-hydrogen) atoms. The first-order valence-corrected chi connectivity index (χ1v) is 9.14. The minimum atomic E-state index is -0.726. The van der Waals surface area contributed by atoms with E-state index in [9.17, 15) is 20.0 Å². The Morgan fingerprint density at radius 1 is 1.17 bits per heavy atom. The standard InChI is InChI=1S/C20H16N2O6S/c1-27-15-6-4-3-5-14(15)21-19-17(20(24)28-2)18(23)16(29-19)11-12-7-9-13(10-8-12)22(25)26/h3-11,23H,1-2H3/b16-11+,21-19?. The molecule has 148 valence electrons. The normalized spacial score (nSPS) is 16.3. The van der Waals surface area contributed by atoms with E-state index < -0.39 is 10.9 Å². The van der Waals surface area contributed by atoms with E-state index in [-0.39, 0.29) is 22.1 Å². The van der Waals surface area contributed by atoms with Crippen molar-refractivity contribution in [3.8, 4) is 5.75 Å². The van der Waals surface area contributed by atoms with Gasteiger partial charge in [0.05, 0.1) is 24.0 Å². The molecular weight excluding hydrogens is 396 g/mol. The van der Waals surface area contributed by atoms with Gasteiger partial charge in [-0.25, -0.2) is 9.79 Å². The summed E-state index contributed by atoms with van der Waals surface area (Å²) in [5.41, 5.74) is 1.01. The summed E-state index contributed by atoms with van der Waals surface area (Å²) < 4.78 is 10.1. The summed E-state index contributed by atoms with van der Waals surface area (Å²) in [5.74, 6) is -0.485. The van der Waals surface area contributed by atoms with Crippen molar-refractivity contribution in [2.75, 3.05) is 14.2 Å². The summed E-state index contributed by atoms with van der Waals surface area (Å²) in [7, 11) is 2.72. The number of carbonyl (C=O) groups excluding carboxylic acids is 1. The Labute approximate surface area is 170 Å². The van der Waals surface area contributed by atoms with Gasteiger partial charge in [-0.15, -0.1) is 0 Å². The number of aliphatic hydroxyl groups excluding tert-OH is 1. The fraction of sp³-hybridized carbons (Fsp3) is 0.100. The topological polar surface area (TPSA) is 111 Å². The second-order valence-electron chi connectivity index (χ2n) is 5.76. The quantitative estimate of drug-likeness (QED) is 0.440. The number of benzene rings is 2. The van der Waals surface area contributed by atoms with E-state index in [0.29, 0.717) is 21.9 Å². The lowest BCUT2D eigenvalue weighted by Crippen LogP contribution is -2.10. The number of ether oxygens (including phenoxy) is 2. The third-order valence-electron chi connectivity index (χ3n) is 3.99. The van der Waals surface area contributed by atoms with Crippen LogP contribution in [0.25, 0.3) is 6.08 Å². The zero-order valence-electron chi connectivity index (χ0n) is 15.5. The molecule has 0 amide bonds. The first kappa shape index (κ1) is 20.2. The molecule has 0 radical (unpaired) electrons. The molecule has 8 nitrogen and oxygen atoms in total. The van der Waals surface area contributed by atoms with E-state index in [0.717, 1.165) is 11.8 Å². The van der Waals surface area contributed by atoms with Crippen LogP contribution in [0.4, 0.5) is 11.4 Å². The smallest absolute Gasteiger partial charge is 0.344 e. The maximum Gasteiger partial charge on any atom is 0.344 e. The number of aliphatic hydroxyl groups is 1. The van der Waals surface area contributed by atoms with Crippen LogP contribution in [-0.4, -0.2) is 35.3 Å². The third kappa shape index (κ3) is 4.30. The maximum atomic E-state index is 12.2. The van der Waals surface area contributed by atoms with Gasteiger partial charge < -0.3 is 14.6 Å². The number of aliphatic imine (C=N–C) groups is 1. The minimum absolute atomic E-state index is 0.0420. The predicted octanol–water partition coefficient (Wildman–Crippen LogP) is 4.41. The molecule has 0 aromatic heterocycles. The number of thioether (sulfide) groups is 1. The second kappa shape index (κ2) is 8.61. The Morgan fingerprint density at radius 3 is 2.48 bits per heavy atom. The molecule has 1 heterocycles. The van der Waals surface area contributed by atoms with E-state index in [1.807, 2.05) is 0 Å². The highest BCUT2D eigenvalue weighted by molar-refractivity contribution is 8.18. The number of methoxy groups -OCH3 is 2. The molecule has 0 saturated carbocycles. The number of hydrogen-bond donors (Lipinski definition) is 1. The Hall–Kier alpha value is -3.59. The van der Waals surface area contributed by atoms with Crippen molar-refractivity contribution in [2.24, 2.45) is 4.99 Å². The molecule has 1 aliphatic rings. The monoisotopic (exact) mass is 412 g/mol. The molecule has 0 bridgehead atoms. The Kier molecular flexibility index (Phi) is 5.99. The number of hydrogen-bond acceptors (Lipinski definition) is 8. The Bertz CT molecular complexity index is 1060. The summed E-state index contributed by atoms with van der Waals surface area (Å²) in [6, 6.07) is 12.8. The number of nitro groups is 1. The van der Waals surface area contributed by atoms with Crippen molar-refractivity contribution >= 4 is 40.2 Å². The lowest BCUT2D eigenvalue weighted by atomic mass is 10.1. The lowest BCUT2D eigenvalue weighted by Gasteiger charge is -2.05. The van der Waals surface area contributed by atoms with Gasteiger partial charge in [0.2, 0.25) is 0 Å². The first-order chi connectivity index (χ1) is 13.9. The molecule has 0 fully saturated rings. The van der Waals surface area contributed by atoms with Crippen LogP contribution in [0.15, 0.2) is 69.8 Å². The van der Waals surface area contributed by atoms with Gasteiger partial charge in [0, 0.05) is 12.1 Å². The van der Waals surface area contributed by atoms with Crippen LogP contribution in [0.1, 0.15) is 5.56 Å². The van der Waals surface area contributed by atoms with Crippen molar-refractivity contribution in [1.82, 2.24) is 0 Å². The second-order valence-corrected chi connectivity index (χ2v) is 6.79. The molecule has 0 spiro atoms.